The van der Waals surface area contributed by atoms with Crippen molar-refractivity contribution in [2.24, 2.45) is 5.73 Å². The van der Waals surface area contributed by atoms with Crippen LogP contribution in [0.1, 0.15) is 31.2 Å². The molecule has 1 aliphatic rings. The van der Waals surface area contributed by atoms with Crippen molar-refractivity contribution in [3.05, 3.63) is 70.8 Å². The van der Waals surface area contributed by atoms with Gasteiger partial charge in [0.05, 0.1) is 18.9 Å². The second kappa shape index (κ2) is 13.9. The van der Waals surface area contributed by atoms with Crippen molar-refractivity contribution >= 4 is 23.4 Å². The molecule has 3 aromatic rings. The van der Waals surface area contributed by atoms with Crippen LogP contribution >= 0.6 is 11.6 Å². The van der Waals surface area contributed by atoms with Crippen molar-refractivity contribution < 1.29 is 23.0 Å². The van der Waals surface area contributed by atoms with Gasteiger partial charge in [0.25, 0.3) is 5.88 Å². The molecule has 0 spiro atoms. The fraction of sp³-hybridized carbons (Fsp3) is 0.385. The molecule has 11 heteroatoms. The van der Waals surface area contributed by atoms with Gasteiger partial charge in [0.1, 0.15) is 5.02 Å². The SMILES string of the molecule is CCCOc1nn(-c2ccccc2)c(NC(N)=O)c1Cl.COCCN1CCC(c2ccc(F)c(F)c2)C1. The number of likely N-dealkylation sites (tertiary alicyclic amines) is 1. The zero-order chi connectivity index (χ0) is 26.8. The summed E-state index contributed by atoms with van der Waals surface area (Å²) in [6.45, 7) is 5.97. The van der Waals surface area contributed by atoms with Crippen molar-refractivity contribution in [3.8, 4) is 11.6 Å². The maximum atomic E-state index is 13.1. The summed E-state index contributed by atoms with van der Waals surface area (Å²) in [5.41, 5.74) is 6.79. The van der Waals surface area contributed by atoms with Gasteiger partial charge in [-0.1, -0.05) is 42.8 Å². The second-order valence-electron chi connectivity index (χ2n) is 8.51. The monoisotopic (exact) mass is 535 g/mol. The minimum Gasteiger partial charge on any atom is -0.476 e. The van der Waals surface area contributed by atoms with Crippen LogP contribution in [-0.2, 0) is 4.74 Å². The first-order valence-electron chi connectivity index (χ1n) is 12.0. The lowest BCUT2D eigenvalue weighted by atomic mass is 9.98. The normalized spacial score (nSPS) is 15.2. The van der Waals surface area contributed by atoms with Crippen LogP contribution in [0, 0.1) is 11.6 Å². The molecule has 2 heterocycles. The number of anilines is 1. The third-order valence-electron chi connectivity index (χ3n) is 5.78. The van der Waals surface area contributed by atoms with Crippen LogP contribution in [0.25, 0.3) is 5.69 Å². The van der Waals surface area contributed by atoms with Crippen molar-refractivity contribution in [3.63, 3.8) is 0 Å². The minimum atomic E-state index is -0.775. The highest BCUT2D eigenvalue weighted by Crippen LogP contribution is 2.34. The number of rotatable bonds is 9. The van der Waals surface area contributed by atoms with E-state index in [4.69, 9.17) is 26.8 Å². The van der Waals surface area contributed by atoms with Crippen molar-refractivity contribution in [1.29, 1.82) is 0 Å². The van der Waals surface area contributed by atoms with Gasteiger partial charge >= 0.3 is 6.03 Å². The Balaban J connectivity index is 0.000000208. The minimum absolute atomic E-state index is 0.223. The van der Waals surface area contributed by atoms with Gasteiger partial charge in [-0.2, -0.15) is 0 Å². The van der Waals surface area contributed by atoms with E-state index in [2.05, 4.69) is 15.3 Å². The number of nitrogens with one attached hydrogen (secondary N) is 1. The molecule has 0 radical (unpaired) electrons. The van der Waals surface area contributed by atoms with E-state index in [1.165, 1.54) is 16.8 Å². The predicted octanol–water partition coefficient (Wildman–Crippen LogP) is 5.21. The molecule has 2 aromatic carbocycles. The van der Waals surface area contributed by atoms with E-state index in [-0.39, 0.29) is 16.7 Å². The number of amides is 2. The third-order valence-corrected chi connectivity index (χ3v) is 6.12. The Bertz CT molecular complexity index is 1160. The van der Waals surface area contributed by atoms with Gasteiger partial charge in [0, 0.05) is 20.2 Å². The highest BCUT2D eigenvalue weighted by atomic mass is 35.5. The Morgan fingerprint density at radius 2 is 1.95 bits per heavy atom. The number of methoxy groups -OCH3 is 1. The van der Waals surface area contributed by atoms with E-state index in [0.717, 1.165) is 43.7 Å². The molecule has 200 valence electrons. The lowest BCUT2D eigenvalue weighted by molar-refractivity contribution is 0.160. The highest BCUT2D eigenvalue weighted by Gasteiger charge is 2.24. The Labute approximate surface area is 220 Å². The molecule has 1 fully saturated rings. The summed E-state index contributed by atoms with van der Waals surface area (Å²) in [6, 6.07) is 12.7. The number of para-hydroxylation sites is 1. The number of primary amides is 1. The summed E-state index contributed by atoms with van der Waals surface area (Å²) in [5.74, 6) is -0.666. The van der Waals surface area contributed by atoms with Gasteiger partial charge in [-0.25, -0.2) is 18.3 Å². The number of nitrogens with zero attached hydrogens (tertiary/aromatic N) is 3. The summed E-state index contributed by atoms with van der Waals surface area (Å²) < 4.78 is 37.9. The van der Waals surface area contributed by atoms with E-state index < -0.39 is 17.7 Å². The smallest absolute Gasteiger partial charge is 0.317 e. The molecule has 3 N–H and O–H groups in total. The Hall–Kier alpha value is -3.21. The summed E-state index contributed by atoms with van der Waals surface area (Å²) in [6.07, 6.45) is 1.82. The molecule has 0 bridgehead atoms. The van der Waals surface area contributed by atoms with Crippen LogP contribution < -0.4 is 15.8 Å². The molecule has 8 nitrogen and oxygen atoms in total. The second-order valence-corrected chi connectivity index (χ2v) is 8.88. The Kier molecular flexibility index (Phi) is 10.7. The van der Waals surface area contributed by atoms with Crippen LogP contribution in [0.2, 0.25) is 5.02 Å². The van der Waals surface area contributed by atoms with E-state index in [1.54, 1.807) is 13.2 Å². The fourth-order valence-corrected chi connectivity index (χ4v) is 4.16. The average molecular weight is 536 g/mol. The number of benzene rings is 2. The van der Waals surface area contributed by atoms with E-state index in [0.29, 0.717) is 19.1 Å². The summed E-state index contributed by atoms with van der Waals surface area (Å²) in [5, 5.41) is 6.95. The molecule has 37 heavy (non-hydrogen) atoms. The van der Waals surface area contributed by atoms with Crippen LogP contribution in [-0.4, -0.2) is 60.7 Å². The van der Waals surface area contributed by atoms with Crippen molar-refractivity contribution in [2.75, 3.05) is 45.3 Å². The first-order valence-corrected chi connectivity index (χ1v) is 12.4. The van der Waals surface area contributed by atoms with Crippen molar-refractivity contribution in [1.82, 2.24) is 14.7 Å². The molecule has 1 saturated heterocycles. The van der Waals surface area contributed by atoms with Crippen LogP contribution in [0.15, 0.2) is 48.5 Å². The van der Waals surface area contributed by atoms with Gasteiger partial charge in [0.2, 0.25) is 0 Å². The molecule has 1 aromatic heterocycles. The van der Waals surface area contributed by atoms with E-state index in [1.807, 2.05) is 37.3 Å². The largest absolute Gasteiger partial charge is 0.476 e. The van der Waals surface area contributed by atoms with Gasteiger partial charge in [-0.05, 0) is 55.1 Å². The summed E-state index contributed by atoms with van der Waals surface area (Å²) >= 11 is 6.18. The average Bonchev–Trinajstić information content (AvgIpc) is 3.49. The molecule has 1 aliphatic heterocycles. The summed E-state index contributed by atoms with van der Waals surface area (Å²) in [7, 11) is 1.68. The molecule has 4 rings (SSSR count). The number of halogens is 3. The van der Waals surface area contributed by atoms with Crippen LogP contribution in [0.4, 0.5) is 19.4 Å². The summed E-state index contributed by atoms with van der Waals surface area (Å²) in [4.78, 5) is 13.4. The van der Waals surface area contributed by atoms with Crippen LogP contribution in [0.3, 0.4) is 0 Å². The third kappa shape index (κ3) is 7.88. The number of aromatic nitrogens is 2. The van der Waals surface area contributed by atoms with Crippen LogP contribution in [0.5, 0.6) is 5.88 Å². The zero-order valence-electron chi connectivity index (χ0n) is 20.9. The molecular formula is C26H32ClF2N5O3. The highest BCUT2D eigenvalue weighted by molar-refractivity contribution is 6.34. The fourth-order valence-electron chi connectivity index (χ4n) is 3.95. The zero-order valence-corrected chi connectivity index (χ0v) is 21.7. The van der Waals surface area contributed by atoms with Gasteiger partial charge < -0.3 is 20.1 Å². The molecule has 1 atom stereocenters. The first-order chi connectivity index (χ1) is 17.8. The molecule has 1 unspecified atom stereocenters. The number of ether oxygens (including phenoxy) is 2. The quantitative estimate of drug-likeness (QED) is 0.392. The van der Waals surface area contributed by atoms with Gasteiger partial charge in [-0.3, -0.25) is 5.32 Å². The number of hydrogen-bond acceptors (Lipinski definition) is 5. The number of urea groups is 1. The number of nitrogens with two attached hydrogens (primary N) is 1. The maximum Gasteiger partial charge on any atom is 0.317 e. The van der Waals surface area contributed by atoms with Gasteiger partial charge in [-0.15, -0.1) is 5.10 Å². The van der Waals surface area contributed by atoms with Crippen molar-refractivity contribution in [2.45, 2.75) is 25.7 Å². The lowest BCUT2D eigenvalue weighted by Gasteiger charge is -2.15. The first kappa shape index (κ1) is 28.4. The lowest BCUT2D eigenvalue weighted by Crippen LogP contribution is -2.24. The molecule has 0 aliphatic carbocycles. The maximum absolute atomic E-state index is 13.1. The van der Waals surface area contributed by atoms with E-state index in [9.17, 15) is 13.6 Å². The Morgan fingerprint density at radius 1 is 1.19 bits per heavy atom. The molecule has 0 saturated carbocycles. The molecule has 2 amide bonds. The van der Waals surface area contributed by atoms with E-state index >= 15 is 0 Å². The standard InChI is InChI=1S/C13H15ClN4O2.C13H17F2NO/c1-2-8-20-12-10(14)11(16-13(15)19)18(17-12)9-6-4-3-5-7-9;1-17-7-6-16-5-4-11(9-16)10-2-3-12(14)13(15)8-10/h3-7H,2,8H2,1H3,(H3,15,16,19);2-3,8,11H,4-7,9H2,1H3. The molecular weight excluding hydrogens is 504 g/mol. The van der Waals surface area contributed by atoms with Gasteiger partial charge in [0.15, 0.2) is 17.5 Å². The number of carbonyl (C=O) groups is 1. The number of hydrogen-bond donors (Lipinski definition) is 2. The Morgan fingerprint density at radius 3 is 2.59 bits per heavy atom. The number of carbonyl (C=O) groups excluding carboxylic acids is 1. The predicted molar refractivity (Wildman–Crippen MR) is 140 cm³/mol. The topological polar surface area (TPSA) is 94.6 Å².